The summed E-state index contributed by atoms with van der Waals surface area (Å²) in [5, 5.41) is 0.463. The zero-order chi connectivity index (χ0) is 19.5. The molecule has 27 heavy (non-hydrogen) atoms. The van der Waals surface area contributed by atoms with E-state index in [9.17, 15) is 16.8 Å². The summed E-state index contributed by atoms with van der Waals surface area (Å²) in [5.41, 5.74) is 0.411. The number of hydrogen-bond donors (Lipinski definition) is 0. The molecule has 0 aromatic heterocycles. The van der Waals surface area contributed by atoms with Gasteiger partial charge in [-0.3, -0.25) is 0 Å². The number of hydrogen-bond acceptors (Lipinski definition) is 4. The van der Waals surface area contributed by atoms with Gasteiger partial charge in [-0.15, -0.1) is 0 Å². The molecule has 0 spiro atoms. The van der Waals surface area contributed by atoms with E-state index in [1.165, 1.54) is 24.3 Å². The summed E-state index contributed by atoms with van der Waals surface area (Å²) in [6.07, 6.45) is 1.15. The molecule has 0 aliphatic carbocycles. The maximum absolute atomic E-state index is 13.2. The van der Waals surface area contributed by atoms with Crippen LogP contribution in [0.15, 0.2) is 99.0 Å². The Labute approximate surface area is 163 Å². The fourth-order valence-electron chi connectivity index (χ4n) is 2.43. The van der Waals surface area contributed by atoms with Gasteiger partial charge in [-0.1, -0.05) is 60.1 Å². The second-order valence-electron chi connectivity index (χ2n) is 5.65. The Balaban J connectivity index is 2.26. The van der Waals surface area contributed by atoms with Gasteiger partial charge < -0.3 is 0 Å². The molecule has 7 heteroatoms. The Morgan fingerprint density at radius 1 is 0.630 bits per heavy atom. The normalized spacial score (nSPS) is 11.7. The summed E-state index contributed by atoms with van der Waals surface area (Å²) >= 11 is 5.86. The SMILES string of the molecule is O=S(=O)(C(=Cc1ccc(Cl)cc1)S(=O)(=O)c1ccccc1)c1ccccc1. The van der Waals surface area contributed by atoms with Crippen molar-refractivity contribution in [3.8, 4) is 0 Å². The first kappa shape index (κ1) is 19.4. The Bertz CT molecular complexity index is 1100. The fraction of sp³-hybridized carbons (Fsp3) is 0. The topological polar surface area (TPSA) is 68.3 Å². The van der Waals surface area contributed by atoms with Crippen LogP contribution < -0.4 is 0 Å². The molecule has 3 rings (SSSR count). The molecule has 0 bridgehead atoms. The predicted molar refractivity (Wildman–Crippen MR) is 107 cm³/mol. The minimum atomic E-state index is -4.28. The predicted octanol–water partition coefficient (Wildman–Crippen LogP) is 4.59. The minimum absolute atomic E-state index is 0.0929. The molecule has 0 amide bonds. The van der Waals surface area contributed by atoms with E-state index in [0.717, 1.165) is 6.08 Å². The second kappa shape index (κ2) is 7.68. The highest BCUT2D eigenvalue weighted by Crippen LogP contribution is 2.31. The average molecular weight is 419 g/mol. The first-order valence-electron chi connectivity index (χ1n) is 7.89. The van der Waals surface area contributed by atoms with Crippen LogP contribution in [0.25, 0.3) is 6.08 Å². The third kappa shape index (κ3) is 4.13. The van der Waals surface area contributed by atoms with Crippen molar-refractivity contribution in [2.75, 3.05) is 0 Å². The van der Waals surface area contributed by atoms with Gasteiger partial charge in [-0.05, 0) is 48.0 Å². The van der Waals surface area contributed by atoms with Crippen LogP contribution in [0.1, 0.15) is 5.56 Å². The average Bonchev–Trinajstić information content (AvgIpc) is 2.68. The Morgan fingerprint density at radius 3 is 1.44 bits per heavy atom. The van der Waals surface area contributed by atoms with E-state index in [4.69, 9.17) is 11.6 Å². The van der Waals surface area contributed by atoms with Crippen LogP contribution in [0.3, 0.4) is 0 Å². The zero-order valence-electron chi connectivity index (χ0n) is 14.0. The first-order valence-corrected chi connectivity index (χ1v) is 11.2. The van der Waals surface area contributed by atoms with E-state index in [1.54, 1.807) is 60.7 Å². The van der Waals surface area contributed by atoms with Crippen LogP contribution in [0.2, 0.25) is 5.02 Å². The monoisotopic (exact) mass is 418 g/mol. The van der Waals surface area contributed by atoms with Crippen molar-refractivity contribution in [3.63, 3.8) is 0 Å². The molecule has 0 aliphatic heterocycles. The molecule has 3 aromatic carbocycles. The van der Waals surface area contributed by atoms with Crippen molar-refractivity contribution >= 4 is 37.4 Å². The highest BCUT2D eigenvalue weighted by molar-refractivity contribution is 8.14. The molecule has 4 nitrogen and oxygen atoms in total. The molecule has 0 saturated heterocycles. The van der Waals surface area contributed by atoms with Gasteiger partial charge in [0, 0.05) is 5.02 Å². The number of benzene rings is 3. The largest absolute Gasteiger partial charge is 0.218 e. The number of sulfone groups is 2. The lowest BCUT2D eigenvalue weighted by Crippen LogP contribution is -2.15. The summed E-state index contributed by atoms with van der Waals surface area (Å²) in [4.78, 5) is -0.186. The molecule has 0 atom stereocenters. The summed E-state index contributed by atoms with van der Waals surface area (Å²) in [6, 6.07) is 21.2. The van der Waals surface area contributed by atoms with Crippen LogP contribution in [-0.2, 0) is 19.7 Å². The summed E-state index contributed by atoms with van der Waals surface area (Å²) in [5.74, 6) is 0. The second-order valence-corrected chi connectivity index (χ2v) is 10.2. The standard InChI is InChI=1S/C20H15ClO4S2/c21-17-13-11-16(12-14-17)15-20(26(22,23)18-7-3-1-4-8-18)27(24,25)19-9-5-2-6-10-19/h1-15H. The Morgan fingerprint density at radius 2 is 1.04 bits per heavy atom. The molecule has 3 aromatic rings. The third-order valence-corrected chi connectivity index (χ3v) is 8.44. The molecule has 0 unspecified atom stereocenters. The van der Waals surface area contributed by atoms with Crippen LogP contribution in [0.5, 0.6) is 0 Å². The molecule has 0 aliphatic rings. The van der Waals surface area contributed by atoms with Gasteiger partial charge in [-0.25, -0.2) is 16.8 Å². The lowest BCUT2D eigenvalue weighted by Gasteiger charge is -2.11. The van der Waals surface area contributed by atoms with E-state index in [1.807, 2.05) is 0 Å². The van der Waals surface area contributed by atoms with Gasteiger partial charge in [0.2, 0.25) is 19.7 Å². The summed E-state index contributed by atoms with van der Waals surface area (Å²) in [6.45, 7) is 0. The fourth-order valence-corrected chi connectivity index (χ4v) is 6.36. The lowest BCUT2D eigenvalue weighted by molar-refractivity contribution is 0.595. The maximum Gasteiger partial charge on any atom is 0.217 e. The van der Waals surface area contributed by atoms with Gasteiger partial charge in [0.25, 0.3) is 0 Å². The first-order chi connectivity index (χ1) is 12.8. The Hall–Kier alpha value is -2.41. The van der Waals surface area contributed by atoms with Gasteiger partial charge in [0.1, 0.15) is 0 Å². The smallest absolute Gasteiger partial charge is 0.217 e. The van der Waals surface area contributed by atoms with Crippen molar-refractivity contribution in [1.82, 2.24) is 0 Å². The van der Waals surface area contributed by atoms with E-state index >= 15 is 0 Å². The Kier molecular flexibility index (Phi) is 5.51. The van der Waals surface area contributed by atoms with Crippen LogP contribution in [0, 0.1) is 0 Å². The van der Waals surface area contributed by atoms with Crippen LogP contribution in [-0.4, -0.2) is 16.8 Å². The third-order valence-electron chi connectivity index (χ3n) is 3.79. The highest BCUT2D eigenvalue weighted by Gasteiger charge is 2.33. The van der Waals surface area contributed by atoms with E-state index in [2.05, 4.69) is 0 Å². The molecule has 0 radical (unpaired) electrons. The van der Waals surface area contributed by atoms with Crippen molar-refractivity contribution < 1.29 is 16.8 Å². The van der Waals surface area contributed by atoms with Crippen molar-refractivity contribution in [3.05, 3.63) is 99.8 Å². The quantitative estimate of drug-likeness (QED) is 0.607. The minimum Gasteiger partial charge on any atom is -0.218 e. The molecular formula is C20H15ClO4S2. The van der Waals surface area contributed by atoms with E-state index in [0.29, 0.717) is 10.6 Å². The summed E-state index contributed by atoms with van der Waals surface area (Å²) in [7, 11) is -8.55. The van der Waals surface area contributed by atoms with Gasteiger partial charge in [-0.2, -0.15) is 0 Å². The molecule has 0 heterocycles. The van der Waals surface area contributed by atoms with Gasteiger partial charge in [0.05, 0.1) is 9.79 Å². The molecule has 0 fully saturated rings. The van der Waals surface area contributed by atoms with Crippen molar-refractivity contribution in [2.24, 2.45) is 0 Å². The molecular weight excluding hydrogens is 404 g/mol. The zero-order valence-corrected chi connectivity index (χ0v) is 16.4. The number of halogens is 1. The molecule has 0 N–H and O–H groups in total. The van der Waals surface area contributed by atoms with Crippen LogP contribution in [0.4, 0.5) is 0 Å². The maximum atomic E-state index is 13.2. The van der Waals surface area contributed by atoms with E-state index in [-0.39, 0.29) is 9.79 Å². The van der Waals surface area contributed by atoms with Crippen LogP contribution >= 0.6 is 11.6 Å². The van der Waals surface area contributed by atoms with E-state index < -0.39 is 23.9 Å². The van der Waals surface area contributed by atoms with Crippen molar-refractivity contribution in [1.29, 1.82) is 0 Å². The van der Waals surface area contributed by atoms with Gasteiger partial charge in [0.15, 0.2) is 4.24 Å². The molecule has 138 valence electrons. The highest BCUT2D eigenvalue weighted by atomic mass is 35.5. The van der Waals surface area contributed by atoms with Gasteiger partial charge >= 0.3 is 0 Å². The number of rotatable bonds is 5. The lowest BCUT2D eigenvalue weighted by atomic mass is 10.2. The molecule has 0 saturated carbocycles. The van der Waals surface area contributed by atoms with Crippen molar-refractivity contribution in [2.45, 2.75) is 9.79 Å². The summed E-state index contributed by atoms with van der Waals surface area (Å²) < 4.78 is 51.9.